The highest BCUT2D eigenvalue weighted by Crippen LogP contribution is 2.08. The van der Waals surface area contributed by atoms with Crippen molar-refractivity contribution in [1.29, 1.82) is 0 Å². The SMILES string of the molecule is C=C/C(=c1/ccoc1=C(C)C)C(C)C. The summed E-state index contributed by atoms with van der Waals surface area (Å²) in [7, 11) is 0. The molecule has 0 saturated heterocycles. The number of hydrogen-bond donors (Lipinski definition) is 0. The van der Waals surface area contributed by atoms with Crippen LogP contribution in [0.5, 0.6) is 0 Å². The molecule has 1 aromatic heterocycles. The van der Waals surface area contributed by atoms with Gasteiger partial charge in [0, 0.05) is 5.22 Å². The molecule has 0 bridgehead atoms. The largest absolute Gasteiger partial charge is 0.464 e. The van der Waals surface area contributed by atoms with Crippen LogP contribution in [0.1, 0.15) is 27.7 Å². The molecule has 0 aliphatic carbocycles. The summed E-state index contributed by atoms with van der Waals surface area (Å²) in [6, 6.07) is 2.01. The second-order valence-corrected chi connectivity index (χ2v) is 3.98. The highest BCUT2D eigenvalue weighted by Gasteiger charge is 2.02. The van der Waals surface area contributed by atoms with Gasteiger partial charge in [0.1, 0.15) is 5.42 Å². The van der Waals surface area contributed by atoms with E-state index in [1.807, 2.05) is 12.1 Å². The lowest BCUT2D eigenvalue weighted by molar-refractivity contribution is 0.527. The lowest BCUT2D eigenvalue weighted by Gasteiger charge is -2.03. The van der Waals surface area contributed by atoms with E-state index in [4.69, 9.17) is 4.42 Å². The van der Waals surface area contributed by atoms with Crippen LogP contribution in [0.25, 0.3) is 11.1 Å². The fourth-order valence-corrected chi connectivity index (χ4v) is 1.58. The fourth-order valence-electron chi connectivity index (χ4n) is 1.58. The Bertz CT molecular complexity index is 428. The van der Waals surface area contributed by atoms with Crippen molar-refractivity contribution in [1.82, 2.24) is 0 Å². The number of rotatable bonds is 2. The third-order valence-corrected chi connectivity index (χ3v) is 2.27. The summed E-state index contributed by atoms with van der Waals surface area (Å²) in [6.07, 6.45) is 3.66. The predicted octanol–water partition coefficient (Wildman–Crippen LogP) is 2.46. The van der Waals surface area contributed by atoms with Crippen molar-refractivity contribution in [2.75, 3.05) is 0 Å². The maximum atomic E-state index is 5.45. The van der Waals surface area contributed by atoms with Crippen molar-refractivity contribution < 1.29 is 4.42 Å². The third kappa shape index (κ3) is 1.98. The van der Waals surface area contributed by atoms with Gasteiger partial charge in [0.2, 0.25) is 0 Å². The van der Waals surface area contributed by atoms with Gasteiger partial charge in [-0.3, -0.25) is 0 Å². The Balaban J connectivity index is 3.67. The van der Waals surface area contributed by atoms with Gasteiger partial charge in [0.15, 0.2) is 0 Å². The van der Waals surface area contributed by atoms with E-state index in [1.165, 1.54) is 16.4 Å². The maximum Gasteiger partial charge on any atom is 0.132 e. The van der Waals surface area contributed by atoms with Crippen molar-refractivity contribution in [3.05, 3.63) is 35.6 Å². The highest BCUT2D eigenvalue weighted by atomic mass is 16.3. The van der Waals surface area contributed by atoms with Crippen molar-refractivity contribution in [3.63, 3.8) is 0 Å². The van der Waals surface area contributed by atoms with Crippen LogP contribution in [-0.4, -0.2) is 0 Å². The Labute approximate surface area is 85.4 Å². The first-order valence-electron chi connectivity index (χ1n) is 4.95. The monoisotopic (exact) mass is 190 g/mol. The maximum absolute atomic E-state index is 5.45. The van der Waals surface area contributed by atoms with Crippen LogP contribution in [0.3, 0.4) is 0 Å². The number of furan rings is 1. The van der Waals surface area contributed by atoms with Crippen LogP contribution in [-0.2, 0) is 0 Å². The van der Waals surface area contributed by atoms with E-state index in [0.717, 1.165) is 5.42 Å². The molecular weight excluding hydrogens is 172 g/mol. The van der Waals surface area contributed by atoms with Gasteiger partial charge in [-0.25, -0.2) is 0 Å². The molecule has 0 unspecified atom stereocenters. The molecule has 0 saturated carbocycles. The second-order valence-electron chi connectivity index (χ2n) is 3.98. The first-order valence-corrected chi connectivity index (χ1v) is 4.95. The minimum atomic E-state index is 0.475. The molecule has 0 aliphatic heterocycles. The number of allylic oxidation sites excluding steroid dienone is 1. The molecule has 0 radical (unpaired) electrons. The molecule has 0 spiro atoms. The summed E-state index contributed by atoms with van der Waals surface area (Å²) in [5.74, 6) is 0.475. The highest BCUT2D eigenvalue weighted by molar-refractivity contribution is 5.58. The third-order valence-electron chi connectivity index (χ3n) is 2.27. The van der Waals surface area contributed by atoms with E-state index in [-0.39, 0.29) is 0 Å². The van der Waals surface area contributed by atoms with Crippen LogP contribution in [0.15, 0.2) is 29.4 Å². The standard InChI is InChI=1S/C13H18O/c1-6-11(9(2)3)12-7-8-14-13(12)10(4)5/h6-9H,1H2,2-5H3/b12-11+. The average Bonchev–Trinajstić information content (AvgIpc) is 2.53. The molecule has 0 aliphatic rings. The van der Waals surface area contributed by atoms with Gasteiger partial charge in [-0.15, -0.1) is 0 Å². The minimum absolute atomic E-state index is 0.475. The molecule has 1 nitrogen and oxygen atoms in total. The zero-order valence-electron chi connectivity index (χ0n) is 9.42. The van der Waals surface area contributed by atoms with Crippen molar-refractivity contribution in [3.8, 4) is 0 Å². The van der Waals surface area contributed by atoms with E-state index in [0.29, 0.717) is 5.92 Å². The predicted molar refractivity (Wildman–Crippen MR) is 61.2 cm³/mol. The van der Waals surface area contributed by atoms with Crippen molar-refractivity contribution in [2.24, 2.45) is 5.92 Å². The zero-order chi connectivity index (χ0) is 10.7. The van der Waals surface area contributed by atoms with Crippen LogP contribution in [0.4, 0.5) is 0 Å². The van der Waals surface area contributed by atoms with E-state index >= 15 is 0 Å². The normalized spacial score (nSPS) is 12.9. The molecule has 1 heteroatoms. The molecule has 0 aromatic carbocycles. The zero-order valence-corrected chi connectivity index (χ0v) is 9.42. The Morgan fingerprint density at radius 3 is 2.50 bits per heavy atom. The molecule has 14 heavy (non-hydrogen) atoms. The van der Waals surface area contributed by atoms with Gasteiger partial charge in [0.25, 0.3) is 0 Å². The summed E-state index contributed by atoms with van der Waals surface area (Å²) in [6.45, 7) is 12.3. The topological polar surface area (TPSA) is 13.1 Å². The van der Waals surface area contributed by atoms with Gasteiger partial charge in [-0.2, -0.15) is 0 Å². The van der Waals surface area contributed by atoms with E-state index in [1.54, 1.807) is 6.26 Å². The van der Waals surface area contributed by atoms with Gasteiger partial charge in [0.05, 0.1) is 6.26 Å². The summed E-state index contributed by atoms with van der Waals surface area (Å²) in [5, 5.41) is 1.18. The minimum Gasteiger partial charge on any atom is -0.464 e. The Morgan fingerprint density at radius 2 is 2.07 bits per heavy atom. The fraction of sp³-hybridized carbons (Fsp3) is 0.385. The quantitative estimate of drug-likeness (QED) is 0.698. The molecule has 0 N–H and O–H groups in total. The molecule has 1 rings (SSSR count). The second kappa shape index (κ2) is 4.32. The number of hydrogen-bond acceptors (Lipinski definition) is 1. The average molecular weight is 190 g/mol. The van der Waals surface area contributed by atoms with Gasteiger partial charge in [-0.1, -0.05) is 26.5 Å². The van der Waals surface area contributed by atoms with Crippen LogP contribution in [0.2, 0.25) is 0 Å². The molecule has 1 heterocycles. The molecule has 0 fully saturated rings. The molecule has 76 valence electrons. The lowest BCUT2D eigenvalue weighted by atomic mass is 10.0. The van der Waals surface area contributed by atoms with Crippen LogP contribution < -0.4 is 10.6 Å². The van der Waals surface area contributed by atoms with Gasteiger partial charge < -0.3 is 4.42 Å². The molecular formula is C13H18O. The Hall–Kier alpha value is -1.24. The van der Waals surface area contributed by atoms with Crippen molar-refractivity contribution >= 4 is 11.1 Å². The Morgan fingerprint density at radius 1 is 1.43 bits per heavy atom. The van der Waals surface area contributed by atoms with Crippen LogP contribution in [0, 0.1) is 5.92 Å². The lowest BCUT2D eigenvalue weighted by Crippen LogP contribution is -2.25. The smallest absolute Gasteiger partial charge is 0.132 e. The Kier molecular flexibility index (Phi) is 3.34. The van der Waals surface area contributed by atoms with Gasteiger partial charge >= 0.3 is 0 Å². The van der Waals surface area contributed by atoms with Gasteiger partial charge in [-0.05, 0) is 37.0 Å². The first kappa shape index (κ1) is 10.8. The molecule has 0 atom stereocenters. The summed E-state index contributed by atoms with van der Waals surface area (Å²) < 4.78 is 5.45. The molecule has 0 amide bonds. The van der Waals surface area contributed by atoms with E-state index < -0.39 is 0 Å². The summed E-state index contributed by atoms with van der Waals surface area (Å²) in [5.41, 5.74) is 3.42. The first-order chi connectivity index (χ1) is 6.57. The summed E-state index contributed by atoms with van der Waals surface area (Å²) in [4.78, 5) is 0. The van der Waals surface area contributed by atoms with E-state index in [2.05, 4.69) is 34.3 Å². The molecule has 1 aromatic rings. The van der Waals surface area contributed by atoms with Crippen LogP contribution >= 0.6 is 0 Å². The van der Waals surface area contributed by atoms with E-state index in [9.17, 15) is 0 Å². The van der Waals surface area contributed by atoms with Crippen molar-refractivity contribution in [2.45, 2.75) is 27.7 Å². The summed E-state index contributed by atoms with van der Waals surface area (Å²) >= 11 is 0.